The average molecular weight is 244 g/mol. The van der Waals surface area contributed by atoms with Crippen LogP contribution in [0.25, 0.3) is 0 Å². The fourth-order valence-electron chi connectivity index (χ4n) is 1.90. The van der Waals surface area contributed by atoms with Gasteiger partial charge in [0.2, 0.25) is 0 Å². The minimum Gasteiger partial charge on any atom is -0.481 e. The SMILES string of the molecule is Cn1c(CCC(=O)O)cnc1Cc1ccccc1. The molecule has 0 saturated heterocycles. The highest BCUT2D eigenvalue weighted by Crippen LogP contribution is 2.11. The maximum Gasteiger partial charge on any atom is 0.303 e. The van der Waals surface area contributed by atoms with Crippen molar-refractivity contribution in [2.24, 2.45) is 7.05 Å². The van der Waals surface area contributed by atoms with Gasteiger partial charge in [-0.05, 0) is 12.0 Å². The van der Waals surface area contributed by atoms with Crippen molar-refractivity contribution in [3.8, 4) is 0 Å². The Hall–Kier alpha value is -2.10. The number of carboxylic acid groups (broad SMARTS) is 1. The first kappa shape index (κ1) is 12.4. The van der Waals surface area contributed by atoms with Gasteiger partial charge in [0.25, 0.3) is 0 Å². The predicted molar refractivity (Wildman–Crippen MR) is 68.4 cm³/mol. The summed E-state index contributed by atoms with van der Waals surface area (Å²) in [5.41, 5.74) is 2.17. The summed E-state index contributed by atoms with van der Waals surface area (Å²) < 4.78 is 1.98. The molecule has 0 radical (unpaired) electrons. The van der Waals surface area contributed by atoms with Crippen LogP contribution in [0.1, 0.15) is 23.5 Å². The van der Waals surface area contributed by atoms with Crippen LogP contribution in [-0.2, 0) is 24.7 Å². The van der Waals surface area contributed by atoms with E-state index in [-0.39, 0.29) is 6.42 Å². The Kier molecular flexibility index (Phi) is 3.77. The second-order valence-electron chi connectivity index (χ2n) is 4.28. The van der Waals surface area contributed by atoms with Crippen LogP contribution in [-0.4, -0.2) is 20.6 Å². The summed E-state index contributed by atoms with van der Waals surface area (Å²) in [7, 11) is 1.93. The van der Waals surface area contributed by atoms with Gasteiger partial charge >= 0.3 is 5.97 Å². The van der Waals surface area contributed by atoms with E-state index in [2.05, 4.69) is 17.1 Å². The molecular weight excluding hydrogens is 228 g/mol. The number of rotatable bonds is 5. The van der Waals surface area contributed by atoms with Gasteiger partial charge in [-0.2, -0.15) is 0 Å². The maximum absolute atomic E-state index is 10.6. The summed E-state index contributed by atoms with van der Waals surface area (Å²) >= 11 is 0. The van der Waals surface area contributed by atoms with Crippen LogP contribution in [0.4, 0.5) is 0 Å². The standard InChI is InChI=1S/C14H16N2O2/c1-16-12(7-8-14(17)18)10-15-13(16)9-11-5-3-2-4-6-11/h2-6,10H,7-9H2,1H3,(H,17,18). The van der Waals surface area contributed by atoms with Crippen molar-refractivity contribution in [2.45, 2.75) is 19.3 Å². The lowest BCUT2D eigenvalue weighted by Crippen LogP contribution is -2.05. The molecule has 2 rings (SSSR count). The van der Waals surface area contributed by atoms with E-state index in [0.717, 1.165) is 17.9 Å². The van der Waals surface area contributed by atoms with E-state index < -0.39 is 5.97 Å². The number of carboxylic acids is 1. The molecule has 0 aliphatic carbocycles. The molecular formula is C14H16N2O2. The van der Waals surface area contributed by atoms with E-state index in [1.165, 1.54) is 5.56 Å². The highest BCUT2D eigenvalue weighted by Gasteiger charge is 2.08. The molecule has 0 saturated carbocycles. The molecule has 0 fully saturated rings. The molecule has 0 amide bonds. The van der Waals surface area contributed by atoms with Crippen molar-refractivity contribution in [1.82, 2.24) is 9.55 Å². The Morgan fingerprint density at radius 1 is 1.33 bits per heavy atom. The fraction of sp³-hybridized carbons (Fsp3) is 0.286. The number of aryl methyl sites for hydroxylation is 1. The largest absolute Gasteiger partial charge is 0.481 e. The molecule has 4 nitrogen and oxygen atoms in total. The monoisotopic (exact) mass is 244 g/mol. The third-order valence-electron chi connectivity index (χ3n) is 2.98. The molecule has 0 bridgehead atoms. The van der Waals surface area contributed by atoms with E-state index >= 15 is 0 Å². The Bertz CT molecular complexity index is 532. The van der Waals surface area contributed by atoms with Gasteiger partial charge in [-0.15, -0.1) is 0 Å². The van der Waals surface area contributed by atoms with E-state index in [4.69, 9.17) is 5.11 Å². The average Bonchev–Trinajstić information content (AvgIpc) is 2.70. The highest BCUT2D eigenvalue weighted by atomic mass is 16.4. The van der Waals surface area contributed by atoms with Crippen LogP contribution >= 0.6 is 0 Å². The number of nitrogens with zero attached hydrogens (tertiary/aromatic N) is 2. The van der Waals surface area contributed by atoms with Gasteiger partial charge in [-0.1, -0.05) is 30.3 Å². The third-order valence-corrected chi connectivity index (χ3v) is 2.98. The van der Waals surface area contributed by atoms with Crippen molar-refractivity contribution in [1.29, 1.82) is 0 Å². The molecule has 1 aromatic carbocycles. The number of imidazole rings is 1. The zero-order valence-corrected chi connectivity index (χ0v) is 10.3. The van der Waals surface area contributed by atoms with Crippen molar-refractivity contribution >= 4 is 5.97 Å². The molecule has 18 heavy (non-hydrogen) atoms. The van der Waals surface area contributed by atoms with Crippen LogP contribution in [0, 0.1) is 0 Å². The number of aliphatic carboxylic acids is 1. The first-order valence-corrected chi connectivity index (χ1v) is 5.92. The number of hydrogen-bond acceptors (Lipinski definition) is 2. The van der Waals surface area contributed by atoms with Crippen molar-refractivity contribution in [3.05, 3.63) is 53.6 Å². The number of carbonyl (C=O) groups is 1. The smallest absolute Gasteiger partial charge is 0.303 e. The first-order valence-electron chi connectivity index (χ1n) is 5.92. The van der Waals surface area contributed by atoms with Gasteiger partial charge in [-0.3, -0.25) is 4.79 Å². The summed E-state index contributed by atoms with van der Waals surface area (Å²) in [6, 6.07) is 10.1. The van der Waals surface area contributed by atoms with Gasteiger partial charge in [-0.25, -0.2) is 4.98 Å². The van der Waals surface area contributed by atoms with Gasteiger partial charge < -0.3 is 9.67 Å². The van der Waals surface area contributed by atoms with E-state index in [1.807, 2.05) is 29.8 Å². The Morgan fingerprint density at radius 3 is 2.72 bits per heavy atom. The molecule has 0 aliphatic heterocycles. The summed E-state index contributed by atoms with van der Waals surface area (Å²) in [4.78, 5) is 14.9. The van der Waals surface area contributed by atoms with E-state index in [9.17, 15) is 4.79 Å². The number of hydrogen-bond donors (Lipinski definition) is 1. The number of benzene rings is 1. The zero-order valence-electron chi connectivity index (χ0n) is 10.3. The normalized spacial score (nSPS) is 10.5. The van der Waals surface area contributed by atoms with Crippen LogP contribution in [0.5, 0.6) is 0 Å². The van der Waals surface area contributed by atoms with Crippen molar-refractivity contribution in [2.75, 3.05) is 0 Å². The first-order chi connectivity index (χ1) is 8.66. The minimum atomic E-state index is -0.777. The Morgan fingerprint density at radius 2 is 2.06 bits per heavy atom. The third kappa shape index (κ3) is 2.97. The molecule has 0 atom stereocenters. The summed E-state index contributed by atoms with van der Waals surface area (Å²) in [6.45, 7) is 0. The van der Waals surface area contributed by atoms with Crippen LogP contribution in [0.15, 0.2) is 36.5 Å². The predicted octanol–water partition coefficient (Wildman–Crippen LogP) is 2.03. The Balaban J connectivity index is 2.08. The van der Waals surface area contributed by atoms with Gasteiger partial charge in [0.05, 0.1) is 6.42 Å². The molecule has 0 spiro atoms. The fourth-order valence-corrected chi connectivity index (χ4v) is 1.90. The van der Waals surface area contributed by atoms with Crippen LogP contribution < -0.4 is 0 Å². The molecule has 4 heteroatoms. The zero-order chi connectivity index (χ0) is 13.0. The number of aromatic nitrogens is 2. The molecule has 1 heterocycles. The molecule has 0 aliphatic rings. The highest BCUT2D eigenvalue weighted by molar-refractivity contribution is 5.66. The molecule has 2 aromatic rings. The second kappa shape index (κ2) is 5.49. The lowest BCUT2D eigenvalue weighted by Gasteiger charge is -2.05. The molecule has 0 unspecified atom stereocenters. The topological polar surface area (TPSA) is 55.1 Å². The molecule has 1 aromatic heterocycles. The minimum absolute atomic E-state index is 0.143. The summed E-state index contributed by atoms with van der Waals surface area (Å²) in [5.74, 6) is 0.183. The maximum atomic E-state index is 10.6. The Labute approximate surface area is 106 Å². The van der Waals surface area contributed by atoms with E-state index in [0.29, 0.717) is 6.42 Å². The second-order valence-corrected chi connectivity index (χ2v) is 4.28. The molecule has 1 N–H and O–H groups in total. The lowest BCUT2D eigenvalue weighted by molar-refractivity contribution is -0.136. The van der Waals surface area contributed by atoms with Gasteiger partial charge in [0.15, 0.2) is 0 Å². The summed E-state index contributed by atoms with van der Waals surface area (Å²) in [5, 5.41) is 8.68. The van der Waals surface area contributed by atoms with Crippen molar-refractivity contribution < 1.29 is 9.90 Å². The molecule has 94 valence electrons. The van der Waals surface area contributed by atoms with Gasteiger partial charge in [0, 0.05) is 25.4 Å². The summed E-state index contributed by atoms with van der Waals surface area (Å²) in [6.07, 6.45) is 3.20. The van der Waals surface area contributed by atoms with Crippen LogP contribution in [0.3, 0.4) is 0 Å². The van der Waals surface area contributed by atoms with Gasteiger partial charge in [0.1, 0.15) is 5.82 Å². The van der Waals surface area contributed by atoms with Crippen molar-refractivity contribution in [3.63, 3.8) is 0 Å². The quantitative estimate of drug-likeness (QED) is 0.875. The van der Waals surface area contributed by atoms with E-state index in [1.54, 1.807) is 6.20 Å². The van der Waals surface area contributed by atoms with Crippen LogP contribution in [0.2, 0.25) is 0 Å². The lowest BCUT2D eigenvalue weighted by atomic mass is 10.1.